The summed E-state index contributed by atoms with van der Waals surface area (Å²) >= 11 is 0. The Morgan fingerprint density at radius 1 is 1.05 bits per heavy atom. The molecule has 0 bridgehead atoms. The first-order valence-corrected chi connectivity index (χ1v) is 7.62. The Hall–Kier alpha value is -2.49. The van der Waals surface area contributed by atoms with Gasteiger partial charge in [-0.05, 0) is 41.7 Å². The van der Waals surface area contributed by atoms with E-state index in [1.807, 2.05) is 17.0 Å². The van der Waals surface area contributed by atoms with Crippen molar-refractivity contribution in [3.8, 4) is 11.5 Å². The van der Waals surface area contributed by atoms with E-state index in [0.29, 0.717) is 5.75 Å². The van der Waals surface area contributed by atoms with E-state index in [9.17, 15) is 4.79 Å². The monoisotopic (exact) mass is 293 g/mol. The standard InChI is InChI=1S/C18H15NO3/c20-18-14-9-17-16(21-10-22-17)8-12(14)7-15-13-4-2-1-3-11(13)5-6-19(15)18/h1-4,8-9,15H,5-7,10H2/t15-/m0/s1. The third kappa shape index (κ3) is 1.55. The molecule has 0 N–H and O–H groups in total. The zero-order valence-electron chi connectivity index (χ0n) is 12.0. The number of carbonyl (C=O) groups excluding carboxylic acids is 1. The van der Waals surface area contributed by atoms with Gasteiger partial charge in [0.2, 0.25) is 6.79 Å². The molecule has 2 aromatic carbocycles. The minimum absolute atomic E-state index is 0.110. The van der Waals surface area contributed by atoms with Crippen molar-refractivity contribution in [3.05, 3.63) is 58.7 Å². The number of amides is 1. The second kappa shape index (κ2) is 4.26. The van der Waals surface area contributed by atoms with Crippen LogP contribution in [0.25, 0.3) is 0 Å². The molecule has 1 amide bonds. The van der Waals surface area contributed by atoms with Crippen LogP contribution in [0.4, 0.5) is 0 Å². The molecule has 3 aliphatic rings. The molecule has 0 aliphatic carbocycles. The first-order valence-electron chi connectivity index (χ1n) is 7.62. The minimum atomic E-state index is 0.110. The van der Waals surface area contributed by atoms with Crippen LogP contribution in [0.1, 0.15) is 33.1 Å². The Bertz CT molecular complexity index is 799. The fourth-order valence-corrected chi connectivity index (χ4v) is 3.83. The van der Waals surface area contributed by atoms with Gasteiger partial charge >= 0.3 is 0 Å². The van der Waals surface area contributed by atoms with Crippen LogP contribution in [0.2, 0.25) is 0 Å². The second-order valence-electron chi connectivity index (χ2n) is 6.03. The Balaban J connectivity index is 1.65. The molecule has 0 fully saturated rings. The molecule has 4 heteroatoms. The lowest BCUT2D eigenvalue weighted by Crippen LogP contribution is -2.44. The summed E-state index contributed by atoms with van der Waals surface area (Å²) in [7, 11) is 0. The highest BCUT2D eigenvalue weighted by molar-refractivity contribution is 5.98. The van der Waals surface area contributed by atoms with E-state index >= 15 is 0 Å². The van der Waals surface area contributed by atoms with Crippen LogP contribution in [-0.4, -0.2) is 24.1 Å². The molecule has 0 saturated heterocycles. The zero-order chi connectivity index (χ0) is 14.7. The van der Waals surface area contributed by atoms with Gasteiger partial charge < -0.3 is 14.4 Å². The van der Waals surface area contributed by atoms with Crippen molar-refractivity contribution in [2.45, 2.75) is 18.9 Å². The number of rotatable bonds is 0. The molecule has 0 saturated carbocycles. The zero-order valence-corrected chi connectivity index (χ0v) is 12.0. The Morgan fingerprint density at radius 3 is 2.77 bits per heavy atom. The predicted molar refractivity (Wildman–Crippen MR) is 80.2 cm³/mol. The van der Waals surface area contributed by atoms with Gasteiger partial charge in [0.15, 0.2) is 11.5 Å². The van der Waals surface area contributed by atoms with Gasteiger partial charge in [-0.15, -0.1) is 0 Å². The smallest absolute Gasteiger partial charge is 0.254 e. The van der Waals surface area contributed by atoms with E-state index in [2.05, 4.69) is 24.3 Å². The third-order valence-electron chi connectivity index (χ3n) is 4.92. The van der Waals surface area contributed by atoms with Gasteiger partial charge in [0.25, 0.3) is 5.91 Å². The number of fused-ring (bicyclic) bond motifs is 5. The summed E-state index contributed by atoms with van der Waals surface area (Å²) in [6, 6.07) is 12.4. The molecule has 3 aliphatic heterocycles. The Kier molecular flexibility index (Phi) is 2.34. The normalized spacial score (nSPS) is 21.2. The van der Waals surface area contributed by atoms with Crippen molar-refractivity contribution in [3.63, 3.8) is 0 Å². The fraction of sp³-hybridized carbons (Fsp3) is 0.278. The lowest BCUT2D eigenvalue weighted by atomic mass is 9.83. The first-order chi connectivity index (χ1) is 10.8. The van der Waals surface area contributed by atoms with Crippen LogP contribution >= 0.6 is 0 Å². The molecule has 0 spiro atoms. The summed E-state index contributed by atoms with van der Waals surface area (Å²) in [4.78, 5) is 14.9. The van der Waals surface area contributed by atoms with Crippen molar-refractivity contribution in [1.82, 2.24) is 4.90 Å². The van der Waals surface area contributed by atoms with Crippen molar-refractivity contribution in [2.24, 2.45) is 0 Å². The lowest BCUT2D eigenvalue weighted by molar-refractivity contribution is 0.0631. The van der Waals surface area contributed by atoms with Gasteiger partial charge in [0.1, 0.15) is 0 Å². The van der Waals surface area contributed by atoms with E-state index in [4.69, 9.17) is 9.47 Å². The Labute approximate surface area is 128 Å². The molecule has 0 radical (unpaired) electrons. The first kappa shape index (κ1) is 12.1. The van der Waals surface area contributed by atoms with Crippen molar-refractivity contribution >= 4 is 5.91 Å². The van der Waals surface area contributed by atoms with Crippen LogP contribution in [0.15, 0.2) is 36.4 Å². The molecule has 4 nitrogen and oxygen atoms in total. The molecule has 5 rings (SSSR count). The molecular formula is C18H15NO3. The molecule has 3 heterocycles. The third-order valence-corrected chi connectivity index (χ3v) is 4.92. The van der Waals surface area contributed by atoms with Crippen LogP contribution < -0.4 is 9.47 Å². The number of ether oxygens (including phenoxy) is 2. The van der Waals surface area contributed by atoms with Crippen molar-refractivity contribution in [1.29, 1.82) is 0 Å². The highest BCUT2D eigenvalue weighted by Gasteiger charge is 2.37. The topological polar surface area (TPSA) is 38.8 Å². The van der Waals surface area contributed by atoms with Crippen molar-refractivity contribution < 1.29 is 14.3 Å². The quantitative estimate of drug-likeness (QED) is 0.749. The Morgan fingerprint density at radius 2 is 1.86 bits per heavy atom. The van der Waals surface area contributed by atoms with Gasteiger partial charge in [0, 0.05) is 12.1 Å². The van der Waals surface area contributed by atoms with Crippen LogP contribution in [0.5, 0.6) is 11.5 Å². The molecular weight excluding hydrogens is 278 g/mol. The number of nitrogens with zero attached hydrogens (tertiary/aromatic N) is 1. The highest BCUT2D eigenvalue weighted by Crippen LogP contribution is 2.42. The van der Waals surface area contributed by atoms with Gasteiger partial charge in [-0.2, -0.15) is 0 Å². The average molecular weight is 293 g/mol. The van der Waals surface area contributed by atoms with Gasteiger partial charge in [-0.1, -0.05) is 24.3 Å². The molecule has 22 heavy (non-hydrogen) atoms. The highest BCUT2D eigenvalue weighted by atomic mass is 16.7. The van der Waals surface area contributed by atoms with Gasteiger partial charge in [0.05, 0.1) is 6.04 Å². The predicted octanol–water partition coefficient (Wildman–Crippen LogP) is 2.71. The van der Waals surface area contributed by atoms with Crippen molar-refractivity contribution in [2.75, 3.05) is 13.3 Å². The maximum absolute atomic E-state index is 12.9. The number of hydrogen-bond donors (Lipinski definition) is 0. The molecule has 0 unspecified atom stereocenters. The van der Waals surface area contributed by atoms with Gasteiger partial charge in [-0.25, -0.2) is 0 Å². The summed E-state index contributed by atoms with van der Waals surface area (Å²) in [5.41, 5.74) is 4.47. The van der Waals surface area contributed by atoms with Crippen LogP contribution in [0, 0.1) is 0 Å². The molecule has 1 atom stereocenters. The summed E-state index contributed by atoms with van der Waals surface area (Å²) in [6.45, 7) is 1.02. The van der Waals surface area contributed by atoms with E-state index < -0.39 is 0 Å². The average Bonchev–Trinajstić information content (AvgIpc) is 3.01. The number of carbonyl (C=O) groups is 1. The van der Waals surface area contributed by atoms with Crippen LogP contribution in [-0.2, 0) is 12.8 Å². The van der Waals surface area contributed by atoms with E-state index in [0.717, 1.165) is 36.3 Å². The molecule has 2 aromatic rings. The largest absolute Gasteiger partial charge is 0.454 e. The number of benzene rings is 2. The summed E-state index contributed by atoms with van der Waals surface area (Å²) in [6.07, 6.45) is 1.77. The molecule has 110 valence electrons. The van der Waals surface area contributed by atoms with Crippen LogP contribution in [0.3, 0.4) is 0 Å². The SMILES string of the molecule is O=C1c2cc3c(cc2C[C@H]2c4ccccc4CCN12)OCO3. The maximum atomic E-state index is 12.9. The summed E-state index contributed by atoms with van der Waals surface area (Å²) < 4.78 is 10.9. The lowest BCUT2D eigenvalue weighted by Gasteiger charge is -2.41. The van der Waals surface area contributed by atoms with E-state index in [1.165, 1.54) is 11.1 Å². The van der Waals surface area contributed by atoms with Gasteiger partial charge in [-0.3, -0.25) is 4.79 Å². The van der Waals surface area contributed by atoms with E-state index in [1.54, 1.807) is 0 Å². The van der Waals surface area contributed by atoms with E-state index in [-0.39, 0.29) is 18.7 Å². The fourth-order valence-electron chi connectivity index (χ4n) is 3.83. The number of hydrogen-bond acceptors (Lipinski definition) is 3. The second-order valence-corrected chi connectivity index (χ2v) is 6.03. The summed E-state index contributed by atoms with van der Waals surface area (Å²) in [5.74, 6) is 1.55. The maximum Gasteiger partial charge on any atom is 0.254 e. The molecule has 0 aromatic heterocycles. The summed E-state index contributed by atoms with van der Waals surface area (Å²) in [5, 5.41) is 0. The minimum Gasteiger partial charge on any atom is -0.454 e.